The summed E-state index contributed by atoms with van der Waals surface area (Å²) < 4.78 is 2.40. The van der Waals surface area contributed by atoms with Crippen LogP contribution in [0.1, 0.15) is 0 Å². The molecule has 0 aliphatic heterocycles. The second-order valence-electron chi connectivity index (χ2n) is 13.0. The Morgan fingerprint density at radius 3 is 1.78 bits per heavy atom. The third kappa shape index (κ3) is 4.50. The lowest BCUT2D eigenvalue weighted by Crippen LogP contribution is -2.11. The fourth-order valence-corrected chi connectivity index (χ4v) is 7.88. The molecule has 0 saturated carbocycles. The highest BCUT2D eigenvalue weighted by Crippen LogP contribution is 2.45. The van der Waals surface area contributed by atoms with Crippen molar-refractivity contribution in [1.29, 1.82) is 0 Å². The van der Waals surface area contributed by atoms with E-state index in [9.17, 15) is 0 Å². The average molecular weight is 637 g/mol. The van der Waals surface area contributed by atoms with E-state index < -0.39 is 0 Å². The van der Waals surface area contributed by atoms with E-state index in [1.54, 1.807) is 0 Å². The normalized spacial score (nSPS) is 11.6. The minimum Gasteiger partial charge on any atom is -0.310 e. The van der Waals surface area contributed by atoms with Crippen LogP contribution in [0.3, 0.4) is 0 Å². The van der Waals surface area contributed by atoms with Gasteiger partial charge >= 0.3 is 0 Å². The minimum atomic E-state index is 1.10. The van der Waals surface area contributed by atoms with Crippen LogP contribution in [0.4, 0.5) is 17.1 Å². The Balaban J connectivity index is 1.31. The summed E-state index contributed by atoms with van der Waals surface area (Å²) in [5.41, 5.74) is 9.27. The van der Waals surface area contributed by atoms with Crippen molar-refractivity contribution in [2.75, 3.05) is 4.90 Å². The van der Waals surface area contributed by atoms with Crippen molar-refractivity contribution >= 4 is 71.2 Å². The Kier molecular flexibility index (Phi) is 6.53. The molecule has 9 aromatic carbocycles. The Hall–Kier alpha value is -6.64. The summed E-state index contributed by atoms with van der Waals surface area (Å²) in [6.07, 6.45) is 0. The van der Waals surface area contributed by atoms with Gasteiger partial charge in [0.2, 0.25) is 0 Å². The average Bonchev–Trinajstić information content (AvgIpc) is 3.52. The van der Waals surface area contributed by atoms with Gasteiger partial charge < -0.3 is 9.47 Å². The predicted octanol–water partition coefficient (Wildman–Crippen LogP) is 13.4. The minimum absolute atomic E-state index is 1.10. The molecule has 10 rings (SSSR count). The number of hydrogen-bond acceptors (Lipinski definition) is 1. The first-order chi connectivity index (χ1) is 24.8. The molecule has 2 nitrogen and oxygen atoms in total. The third-order valence-electron chi connectivity index (χ3n) is 10.1. The maximum Gasteiger partial charge on any atom is 0.0561 e. The summed E-state index contributed by atoms with van der Waals surface area (Å²) in [5.74, 6) is 0. The van der Waals surface area contributed by atoms with E-state index in [1.165, 1.54) is 65.3 Å². The van der Waals surface area contributed by atoms with Crippen LogP contribution < -0.4 is 4.90 Å². The number of anilines is 3. The molecule has 0 aliphatic rings. The molecule has 0 unspecified atom stereocenters. The SMILES string of the molecule is c1ccc(-c2cccc(N(c3ccc4c5ccccc5n(-c5ccccc5)c4c3)c3cccc4ccc5ccc6ccccc6c5c34)c2)cc1. The van der Waals surface area contributed by atoms with Gasteiger partial charge in [-0.2, -0.15) is 0 Å². The number of aromatic nitrogens is 1. The molecule has 0 aliphatic carbocycles. The zero-order chi connectivity index (χ0) is 33.0. The second-order valence-corrected chi connectivity index (χ2v) is 13.0. The molecule has 0 saturated heterocycles. The fourth-order valence-electron chi connectivity index (χ4n) is 7.88. The fraction of sp³-hybridized carbons (Fsp3) is 0. The Morgan fingerprint density at radius 2 is 0.940 bits per heavy atom. The van der Waals surface area contributed by atoms with E-state index in [4.69, 9.17) is 0 Å². The quantitative estimate of drug-likeness (QED) is 0.171. The summed E-state index contributed by atoms with van der Waals surface area (Å²) in [6.45, 7) is 0. The first-order valence-electron chi connectivity index (χ1n) is 17.2. The molecule has 1 heterocycles. The summed E-state index contributed by atoms with van der Waals surface area (Å²) in [7, 11) is 0. The van der Waals surface area contributed by atoms with E-state index in [-0.39, 0.29) is 0 Å². The third-order valence-corrected chi connectivity index (χ3v) is 10.1. The van der Waals surface area contributed by atoms with E-state index in [0.717, 1.165) is 22.7 Å². The highest BCUT2D eigenvalue weighted by molar-refractivity contribution is 6.24. The largest absolute Gasteiger partial charge is 0.310 e. The number of fused-ring (bicyclic) bond motifs is 8. The monoisotopic (exact) mass is 636 g/mol. The maximum atomic E-state index is 2.46. The van der Waals surface area contributed by atoms with Gasteiger partial charge in [0.25, 0.3) is 0 Å². The van der Waals surface area contributed by atoms with Crippen molar-refractivity contribution in [2.24, 2.45) is 0 Å². The maximum absolute atomic E-state index is 2.46. The summed E-state index contributed by atoms with van der Waals surface area (Å²) in [6, 6.07) is 70.6. The van der Waals surface area contributed by atoms with Crippen molar-refractivity contribution in [3.05, 3.63) is 194 Å². The Bertz CT molecular complexity index is 2860. The summed E-state index contributed by atoms with van der Waals surface area (Å²) >= 11 is 0. The zero-order valence-corrected chi connectivity index (χ0v) is 27.4. The van der Waals surface area contributed by atoms with Crippen molar-refractivity contribution in [2.45, 2.75) is 0 Å². The van der Waals surface area contributed by atoms with Gasteiger partial charge in [0, 0.05) is 33.2 Å². The van der Waals surface area contributed by atoms with Gasteiger partial charge in [-0.3, -0.25) is 0 Å². The lowest BCUT2D eigenvalue weighted by Gasteiger charge is -2.28. The van der Waals surface area contributed by atoms with E-state index in [2.05, 4.69) is 204 Å². The molecule has 0 radical (unpaired) electrons. The first-order valence-corrected chi connectivity index (χ1v) is 17.2. The van der Waals surface area contributed by atoms with Crippen LogP contribution in [-0.4, -0.2) is 4.57 Å². The standard InChI is InChI=1S/C48H32N2/c1-3-13-33(14-4-1)37-17-11-20-39(31-37)49(45-24-12-16-35-27-28-36-26-25-34-15-7-8-21-41(34)47(36)48(35)45)40-29-30-43-42-22-9-10-23-44(42)50(46(43)32-40)38-18-5-2-6-19-38/h1-32H. The lowest BCUT2D eigenvalue weighted by atomic mass is 9.94. The molecule has 0 bridgehead atoms. The smallest absolute Gasteiger partial charge is 0.0561 e. The molecular weight excluding hydrogens is 605 g/mol. The van der Waals surface area contributed by atoms with Crippen LogP contribution in [0, 0.1) is 0 Å². The van der Waals surface area contributed by atoms with Gasteiger partial charge in [0.05, 0.1) is 16.7 Å². The van der Waals surface area contributed by atoms with Crippen LogP contribution in [0.15, 0.2) is 194 Å². The Morgan fingerprint density at radius 1 is 0.340 bits per heavy atom. The molecular formula is C48H32N2. The number of hydrogen-bond donors (Lipinski definition) is 0. The summed E-state index contributed by atoms with van der Waals surface area (Å²) in [5, 5.41) is 9.97. The van der Waals surface area contributed by atoms with Crippen LogP contribution in [0.5, 0.6) is 0 Å². The summed E-state index contributed by atoms with van der Waals surface area (Å²) in [4.78, 5) is 2.46. The molecule has 0 fully saturated rings. The van der Waals surface area contributed by atoms with Crippen molar-refractivity contribution in [3.63, 3.8) is 0 Å². The van der Waals surface area contributed by atoms with E-state index in [1.807, 2.05) is 0 Å². The zero-order valence-electron chi connectivity index (χ0n) is 27.4. The van der Waals surface area contributed by atoms with Crippen molar-refractivity contribution in [1.82, 2.24) is 4.57 Å². The highest BCUT2D eigenvalue weighted by Gasteiger charge is 2.21. The predicted molar refractivity (Wildman–Crippen MR) is 213 cm³/mol. The number of nitrogens with zero attached hydrogens (tertiary/aromatic N) is 2. The molecule has 0 atom stereocenters. The number of benzene rings is 9. The van der Waals surface area contributed by atoms with Crippen LogP contribution >= 0.6 is 0 Å². The van der Waals surface area contributed by atoms with Gasteiger partial charge in [0.15, 0.2) is 0 Å². The Labute approximate surface area is 290 Å². The first kappa shape index (κ1) is 28.4. The molecule has 1 aromatic heterocycles. The molecule has 2 heteroatoms. The van der Waals surface area contributed by atoms with Gasteiger partial charge in [-0.1, -0.05) is 146 Å². The topological polar surface area (TPSA) is 8.17 Å². The second kappa shape index (κ2) is 11.5. The van der Waals surface area contributed by atoms with Crippen LogP contribution in [0.25, 0.3) is 70.9 Å². The molecule has 0 spiro atoms. The molecule has 0 N–H and O–H groups in total. The van der Waals surface area contributed by atoms with E-state index in [0.29, 0.717) is 0 Å². The molecule has 10 aromatic rings. The van der Waals surface area contributed by atoms with Crippen LogP contribution in [0.2, 0.25) is 0 Å². The molecule has 50 heavy (non-hydrogen) atoms. The van der Waals surface area contributed by atoms with Gasteiger partial charge in [-0.25, -0.2) is 0 Å². The van der Waals surface area contributed by atoms with Gasteiger partial charge in [-0.15, -0.1) is 0 Å². The number of para-hydroxylation sites is 2. The van der Waals surface area contributed by atoms with Crippen molar-refractivity contribution in [3.8, 4) is 16.8 Å². The van der Waals surface area contributed by atoms with E-state index >= 15 is 0 Å². The lowest BCUT2D eigenvalue weighted by molar-refractivity contribution is 1.18. The van der Waals surface area contributed by atoms with Gasteiger partial charge in [-0.05, 0) is 86.6 Å². The highest BCUT2D eigenvalue weighted by atomic mass is 15.1. The van der Waals surface area contributed by atoms with Gasteiger partial charge in [0.1, 0.15) is 0 Å². The number of rotatable bonds is 5. The molecule has 234 valence electrons. The van der Waals surface area contributed by atoms with Crippen molar-refractivity contribution < 1.29 is 0 Å². The van der Waals surface area contributed by atoms with Crippen LogP contribution in [-0.2, 0) is 0 Å². The molecule has 0 amide bonds.